The fourth-order valence-electron chi connectivity index (χ4n) is 4.30. The molecule has 14 heteroatoms. The van der Waals surface area contributed by atoms with Gasteiger partial charge in [-0.15, -0.1) is 0 Å². The quantitative estimate of drug-likeness (QED) is 0.0838. The fraction of sp³-hybridized carbons (Fsp3) is 0.630. The van der Waals surface area contributed by atoms with Crippen molar-refractivity contribution >= 4 is 185 Å². The van der Waals surface area contributed by atoms with Crippen LogP contribution in [-0.2, 0) is 9.59 Å². The number of halogens is 8. The highest BCUT2D eigenvalue weighted by Crippen LogP contribution is 2.63. The summed E-state index contributed by atoms with van der Waals surface area (Å²) in [7, 11) is 0. The zero-order valence-corrected chi connectivity index (χ0v) is 38.9. The molecule has 2 unspecified atom stereocenters. The van der Waals surface area contributed by atoms with Crippen LogP contribution in [0.1, 0.15) is 40.5 Å². The van der Waals surface area contributed by atoms with E-state index in [1.165, 1.54) is 34.7 Å². The zero-order valence-electron chi connectivity index (χ0n) is 22.9. The Hall–Kier alpha value is 3.54. The van der Waals surface area contributed by atoms with Crippen molar-refractivity contribution in [3.8, 4) is 0 Å². The van der Waals surface area contributed by atoms with Gasteiger partial charge in [0.2, 0.25) is 10.2 Å². The second-order valence-corrected chi connectivity index (χ2v) is 30.2. The maximum absolute atomic E-state index is 11.9. The summed E-state index contributed by atoms with van der Waals surface area (Å²) < 4.78 is -1.65. The van der Waals surface area contributed by atoms with Crippen LogP contribution >= 0.6 is 174 Å². The molecule has 0 bridgehead atoms. The molecule has 0 spiro atoms. The van der Waals surface area contributed by atoms with Crippen molar-refractivity contribution in [3.63, 3.8) is 0 Å². The van der Waals surface area contributed by atoms with Crippen LogP contribution in [0.4, 0.5) is 0 Å². The summed E-state index contributed by atoms with van der Waals surface area (Å²) in [6, 6.07) is 0. The van der Waals surface area contributed by atoms with Crippen LogP contribution in [0, 0.1) is 5.41 Å². The summed E-state index contributed by atoms with van der Waals surface area (Å²) in [5.41, 5.74) is 3.50. The highest BCUT2D eigenvalue weighted by Gasteiger charge is 2.55. The number of allylic oxidation sites excluding steroid dienone is 4. The Morgan fingerprint density at radius 2 is 1.05 bits per heavy atom. The molecule has 2 rings (SSSR count). The van der Waals surface area contributed by atoms with Gasteiger partial charge in [-0.05, 0) is 37.8 Å². The Bertz CT molecular complexity index is 1030. The van der Waals surface area contributed by atoms with E-state index in [1.807, 2.05) is 23.5 Å². The standard InChI is InChI=1S/C27H32Br8O2S4/c1-15(2)19(36)38-7-9-40-21-24(28,29)11-17(12-25(21,30)31)23(5,6)18-13-26(32,33)22(27(34,35)14-18)41-10-8-39-20(37)16(3)4/h11,13,21-22H,1,3,7-10,12,14H2,2,4-6H3. The van der Waals surface area contributed by atoms with Crippen molar-refractivity contribution in [2.24, 2.45) is 5.41 Å². The largest absolute Gasteiger partial charge is 0.282 e. The van der Waals surface area contributed by atoms with Crippen molar-refractivity contribution in [1.82, 2.24) is 0 Å². The summed E-state index contributed by atoms with van der Waals surface area (Å²) in [6.07, 6.45) is 6.22. The van der Waals surface area contributed by atoms with Crippen LogP contribution in [0.15, 0.2) is 47.6 Å². The SMILES string of the molecule is C=C(C)C(=O)SCCSC1C(Br)(Br)C=C(C(C)(C)C2=CC(Br)(Br)C(SCCSC(=O)C(=C)C)C(Br)(Br)C2)CC1(Br)Br. The molecule has 232 valence electrons. The summed E-state index contributed by atoms with van der Waals surface area (Å²) in [5, 5.41) is 0.328. The van der Waals surface area contributed by atoms with E-state index in [0.29, 0.717) is 11.1 Å². The lowest BCUT2D eigenvalue weighted by atomic mass is 9.70. The molecular weight excluding hydrogens is 1120 g/mol. The molecule has 2 aliphatic carbocycles. The molecule has 0 amide bonds. The molecule has 41 heavy (non-hydrogen) atoms. The van der Waals surface area contributed by atoms with E-state index in [-0.39, 0.29) is 32.6 Å². The van der Waals surface area contributed by atoms with E-state index < -0.39 is 6.47 Å². The Morgan fingerprint density at radius 1 is 0.732 bits per heavy atom. The van der Waals surface area contributed by atoms with Crippen molar-refractivity contribution in [3.05, 3.63) is 47.6 Å². The van der Waals surface area contributed by atoms with Gasteiger partial charge in [-0.1, -0.05) is 201 Å². The topological polar surface area (TPSA) is 34.1 Å². The maximum Gasteiger partial charge on any atom is 0.214 e. The molecule has 2 nitrogen and oxygen atoms in total. The monoisotopic (exact) mass is 1150 g/mol. The van der Waals surface area contributed by atoms with E-state index in [1.54, 1.807) is 13.8 Å². The normalized spacial score (nSPS) is 24.7. The van der Waals surface area contributed by atoms with Gasteiger partial charge in [-0.3, -0.25) is 9.59 Å². The van der Waals surface area contributed by atoms with Gasteiger partial charge in [-0.25, -0.2) is 0 Å². The second kappa shape index (κ2) is 16.3. The maximum atomic E-state index is 11.9. The first kappa shape index (κ1) is 40.7. The number of alkyl halides is 8. The molecule has 0 saturated heterocycles. The number of rotatable bonds is 12. The highest BCUT2D eigenvalue weighted by molar-refractivity contribution is 9.27. The average molecular weight is 1160 g/mol. The first-order valence-corrected chi connectivity index (χ1v) is 22.8. The Kier molecular flexibility index (Phi) is 16.2. The summed E-state index contributed by atoms with van der Waals surface area (Å²) in [6.45, 7) is 15.5. The predicted octanol–water partition coefficient (Wildman–Crippen LogP) is 12.5. The van der Waals surface area contributed by atoms with Gasteiger partial charge in [0, 0.05) is 28.4 Å². The minimum Gasteiger partial charge on any atom is -0.282 e. The first-order valence-electron chi connectivity index (χ1n) is 12.4. The van der Waals surface area contributed by atoms with E-state index in [0.717, 1.165) is 35.9 Å². The van der Waals surface area contributed by atoms with Crippen LogP contribution in [0.25, 0.3) is 0 Å². The van der Waals surface area contributed by atoms with Gasteiger partial charge in [-0.2, -0.15) is 23.5 Å². The minimum absolute atomic E-state index is 0.0496. The molecule has 0 radical (unpaired) electrons. The molecule has 0 aliphatic heterocycles. The zero-order chi connectivity index (χ0) is 31.6. The molecular formula is C27H32Br8O2S4. The Labute approximate surface area is 329 Å². The molecule has 0 saturated carbocycles. The molecule has 0 fully saturated rings. The van der Waals surface area contributed by atoms with Gasteiger partial charge >= 0.3 is 0 Å². The summed E-state index contributed by atoms with van der Waals surface area (Å²) >= 11 is 38.3. The van der Waals surface area contributed by atoms with Crippen molar-refractivity contribution in [2.45, 2.75) is 64.0 Å². The molecule has 0 aromatic carbocycles. The van der Waals surface area contributed by atoms with E-state index in [4.69, 9.17) is 0 Å². The Morgan fingerprint density at radius 3 is 1.32 bits per heavy atom. The number of hydrogen-bond acceptors (Lipinski definition) is 6. The fourth-order valence-corrected chi connectivity index (χ4v) is 19.3. The Balaban J connectivity index is 2.23. The van der Waals surface area contributed by atoms with E-state index in [9.17, 15) is 9.59 Å². The van der Waals surface area contributed by atoms with Crippen LogP contribution in [0.5, 0.6) is 0 Å². The molecule has 0 aromatic heterocycles. The van der Waals surface area contributed by atoms with Gasteiger partial charge in [0.1, 0.15) is 6.47 Å². The third kappa shape index (κ3) is 11.3. The summed E-state index contributed by atoms with van der Waals surface area (Å²) in [4.78, 5) is 23.9. The van der Waals surface area contributed by atoms with Crippen LogP contribution in [-0.4, -0.2) is 56.7 Å². The van der Waals surface area contributed by atoms with Crippen LogP contribution < -0.4 is 0 Å². The van der Waals surface area contributed by atoms with Crippen LogP contribution in [0.2, 0.25) is 0 Å². The molecule has 0 heterocycles. The number of hydrogen-bond donors (Lipinski definition) is 0. The minimum atomic E-state index is -0.460. The van der Waals surface area contributed by atoms with Crippen molar-refractivity contribution in [1.29, 1.82) is 0 Å². The number of carbonyl (C=O) groups is 2. The van der Waals surface area contributed by atoms with Crippen LogP contribution in [0.3, 0.4) is 0 Å². The summed E-state index contributed by atoms with van der Waals surface area (Å²) in [5.74, 6) is 3.11. The molecule has 0 N–H and O–H groups in total. The third-order valence-electron chi connectivity index (χ3n) is 6.56. The highest BCUT2D eigenvalue weighted by atomic mass is 79.9. The smallest absolute Gasteiger partial charge is 0.214 e. The lowest BCUT2D eigenvalue weighted by Crippen LogP contribution is -2.48. The third-order valence-corrected chi connectivity index (χ3v) is 20.3. The van der Waals surface area contributed by atoms with E-state index in [2.05, 4.69) is 167 Å². The van der Waals surface area contributed by atoms with Gasteiger partial charge in [0.15, 0.2) is 0 Å². The van der Waals surface area contributed by atoms with Crippen molar-refractivity contribution < 1.29 is 9.59 Å². The average Bonchev–Trinajstić information content (AvgIpc) is 2.79. The van der Waals surface area contributed by atoms with Gasteiger partial charge in [0.25, 0.3) is 0 Å². The first-order chi connectivity index (χ1) is 18.5. The van der Waals surface area contributed by atoms with Crippen molar-refractivity contribution in [2.75, 3.05) is 23.0 Å². The number of thioether (sulfide) groups is 4. The second-order valence-electron chi connectivity index (χ2n) is 10.5. The van der Waals surface area contributed by atoms with Gasteiger partial charge in [0.05, 0.1) is 17.0 Å². The lowest BCUT2D eigenvalue weighted by molar-refractivity contribution is -0.108. The lowest BCUT2D eigenvalue weighted by Gasteiger charge is -2.49. The van der Waals surface area contributed by atoms with Gasteiger partial charge < -0.3 is 0 Å². The van der Waals surface area contributed by atoms with E-state index >= 15 is 0 Å². The molecule has 0 aromatic rings. The predicted molar refractivity (Wildman–Crippen MR) is 219 cm³/mol. The molecule has 2 atom stereocenters. The number of carbonyl (C=O) groups excluding carboxylic acids is 2. The molecule has 2 aliphatic rings.